The number of rotatable bonds is 9. The summed E-state index contributed by atoms with van der Waals surface area (Å²) in [6.45, 7) is 13.9. The van der Waals surface area contributed by atoms with Crippen LogP contribution in [-0.2, 0) is 0 Å². The number of halogens is 1. The second kappa shape index (κ2) is 9.75. The zero-order valence-corrected chi connectivity index (χ0v) is 17.4. The molecular weight excluding hydrogens is 325 g/mol. The second-order valence-corrected chi connectivity index (χ2v) is 8.33. The third kappa shape index (κ3) is 6.47. The largest absolute Gasteiger partial charge is 0.380 e. The predicted molar refractivity (Wildman–Crippen MR) is 112 cm³/mol. The minimum Gasteiger partial charge on any atom is -0.380 e. The van der Waals surface area contributed by atoms with Gasteiger partial charge in [-0.1, -0.05) is 52.8 Å². The molecule has 0 aromatic heterocycles. The Morgan fingerprint density at radius 2 is 1.81 bits per heavy atom. The average Bonchev–Trinajstić information content (AvgIpc) is 2.55. The highest BCUT2D eigenvalue weighted by Gasteiger charge is 2.21. The maximum atomic E-state index is 13.3. The molecule has 0 saturated heterocycles. The second-order valence-electron chi connectivity index (χ2n) is 8.33. The van der Waals surface area contributed by atoms with Gasteiger partial charge in [0.25, 0.3) is 0 Å². The summed E-state index contributed by atoms with van der Waals surface area (Å²) in [5.41, 5.74) is 2.19. The Balaban J connectivity index is 3.18. The van der Waals surface area contributed by atoms with Gasteiger partial charge in [0.2, 0.25) is 0 Å². The summed E-state index contributed by atoms with van der Waals surface area (Å²) in [4.78, 5) is 0. The molecule has 0 bridgehead atoms. The van der Waals surface area contributed by atoms with Gasteiger partial charge >= 0.3 is 0 Å². The Kier molecular flexibility index (Phi) is 8.32. The SMILES string of the molecule is CCC(c1ccccc1NC(=N)/C(=C\C(C)(C)CF)NC(C)C)C(C)C. The van der Waals surface area contributed by atoms with Crippen LogP contribution in [0.3, 0.4) is 0 Å². The third-order valence-electron chi connectivity index (χ3n) is 4.46. The van der Waals surface area contributed by atoms with Crippen LogP contribution in [0.25, 0.3) is 0 Å². The molecule has 146 valence electrons. The molecule has 1 rings (SSSR count). The van der Waals surface area contributed by atoms with E-state index >= 15 is 0 Å². The van der Waals surface area contributed by atoms with Crippen LogP contribution in [-0.4, -0.2) is 18.6 Å². The van der Waals surface area contributed by atoms with Crippen molar-refractivity contribution < 1.29 is 4.39 Å². The highest BCUT2D eigenvalue weighted by Crippen LogP contribution is 2.33. The first-order valence-electron chi connectivity index (χ1n) is 9.61. The summed E-state index contributed by atoms with van der Waals surface area (Å²) >= 11 is 0. The Labute approximate surface area is 159 Å². The monoisotopic (exact) mass is 361 g/mol. The summed E-state index contributed by atoms with van der Waals surface area (Å²) in [7, 11) is 0. The number of anilines is 1. The van der Waals surface area contributed by atoms with Crippen LogP contribution in [0.2, 0.25) is 0 Å². The molecule has 0 radical (unpaired) electrons. The maximum Gasteiger partial charge on any atom is 0.146 e. The molecule has 0 aliphatic heterocycles. The first-order valence-corrected chi connectivity index (χ1v) is 9.61. The van der Waals surface area contributed by atoms with Crippen LogP contribution >= 0.6 is 0 Å². The highest BCUT2D eigenvalue weighted by atomic mass is 19.1. The molecule has 1 atom stereocenters. The first-order chi connectivity index (χ1) is 12.1. The van der Waals surface area contributed by atoms with Crippen molar-refractivity contribution in [1.82, 2.24) is 5.32 Å². The van der Waals surface area contributed by atoms with Crippen molar-refractivity contribution in [3.63, 3.8) is 0 Å². The molecule has 0 saturated carbocycles. The summed E-state index contributed by atoms with van der Waals surface area (Å²) in [5, 5.41) is 15.1. The molecule has 1 unspecified atom stereocenters. The van der Waals surface area contributed by atoms with Gasteiger partial charge in [0.15, 0.2) is 0 Å². The van der Waals surface area contributed by atoms with Crippen molar-refractivity contribution in [3.8, 4) is 0 Å². The van der Waals surface area contributed by atoms with Gasteiger partial charge in [-0.15, -0.1) is 0 Å². The zero-order valence-electron chi connectivity index (χ0n) is 17.4. The Hall–Kier alpha value is -1.84. The summed E-state index contributed by atoms with van der Waals surface area (Å²) in [6.07, 6.45) is 2.86. The standard InChI is InChI=1S/C22H36FN3/c1-8-17(15(2)3)18-11-9-10-12-19(18)26-21(24)20(25-16(4)5)13-22(6,7)14-23/h9-13,15-17,25H,8,14H2,1-7H3,(H2,24,26)/b20-13+. The fraction of sp³-hybridized carbons (Fsp3) is 0.591. The summed E-state index contributed by atoms with van der Waals surface area (Å²) in [5.74, 6) is 1.22. The number of benzene rings is 1. The van der Waals surface area contributed by atoms with E-state index in [4.69, 9.17) is 5.41 Å². The first kappa shape index (κ1) is 22.2. The van der Waals surface area contributed by atoms with Crippen LogP contribution in [0, 0.1) is 16.7 Å². The maximum absolute atomic E-state index is 13.3. The summed E-state index contributed by atoms with van der Waals surface area (Å²) in [6, 6.07) is 8.34. The lowest BCUT2D eigenvalue weighted by atomic mass is 9.85. The van der Waals surface area contributed by atoms with Crippen molar-refractivity contribution in [2.45, 2.75) is 66.8 Å². The highest BCUT2D eigenvalue weighted by molar-refractivity contribution is 6.05. The number of hydrogen-bond acceptors (Lipinski definition) is 2. The predicted octanol–water partition coefficient (Wildman–Crippen LogP) is 6.10. The molecule has 4 heteroatoms. The zero-order chi connectivity index (χ0) is 19.9. The van der Waals surface area contributed by atoms with Gasteiger partial charge in [0.05, 0.1) is 12.4 Å². The minimum absolute atomic E-state index is 0.160. The number of allylic oxidation sites excluding steroid dienone is 1. The topological polar surface area (TPSA) is 47.9 Å². The molecule has 0 amide bonds. The van der Waals surface area contributed by atoms with Crippen LogP contribution in [0.1, 0.15) is 66.4 Å². The number of nitrogens with one attached hydrogen (secondary N) is 3. The molecule has 0 aliphatic carbocycles. The molecule has 1 aromatic carbocycles. The molecule has 0 fully saturated rings. The molecule has 1 aromatic rings. The van der Waals surface area contributed by atoms with Gasteiger partial charge in [-0.3, -0.25) is 9.80 Å². The van der Waals surface area contributed by atoms with Crippen LogP contribution < -0.4 is 10.6 Å². The fourth-order valence-corrected chi connectivity index (χ4v) is 3.11. The van der Waals surface area contributed by atoms with Crippen LogP contribution in [0.4, 0.5) is 10.1 Å². The van der Waals surface area contributed by atoms with Crippen molar-refractivity contribution in [3.05, 3.63) is 41.6 Å². The van der Waals surface area contributed by atoms with Crippen LogP contribution in [0.5, 0.6) is 0 Å². The molecule has 26 heavy (non-hydrogen) atoms. The van der Waals surface area contributed by atoms with Crippen molar-refractivity contribution in [2.24, 2.45) is 11.3 Å². The van der Waals surface area contributed by atoms with Gasteiger partial charge in [-0.25, -0.2) is 0 Å². The van der Waals surface area contributed by atoms with Gasteiger partial charge in [0, 0.05) is 17.1 Å². The number of para-hydroxylation sites is 1. The number of amidine groups is 1. The van der Waals surface area contributed by atoms with Crippen molar-refractivity contribution in [2.75, 3.05) is 12.0 Å². The smallest absolute Gasteiger partial charge is 0.146 e. The quantitative estimate of drug-likeness (QED) is 0.367. The molecular formula is C22H36FN3. The lowest BCUT2D eigenvalue weighted by molar-refractivity contribution is 0.321. The van der Waals surface area contributed by atoms with E-state index in [9.17, 15) is 4.39 Å². The molecule has 0 heterocycles. The van der Waals surface area contributed by atoms with Crippen LogP contribution in [0.15, 0.2) is 36.0 Å². The Morgan fingerprint density at radius 3 is 2.31 bits per heavy atom. The van der Waals surface area contributed by atoms with Gasteiger partial charge in [0.1, 0.15) is 5.84 Å². The molecule has 0 spiro atoms. The average molecular weight is 362 g/mol. The fourth-order valence-electron chi connectivity index (χ4n) is 3.11. The van der Waals surface area contributed by atoms with E-state index in [2.05, 4.69) is 37.5 Å². The minimum atomic E-state index is -0.616. The molecule has 3 N–H and O–H groups in total. The van der Waals surface area contributed by atoms with E-state index in [1.54, 1.807) is 0 Å². The Bertz CT molecular complexity index is 618. The lowest BCUT2D eigenvalue weighted by Crippen LogP contribution is -2.32. The van der Waals surface area contributed by atoms with Crippen molar-refractivity contribution in [1.29, 1.82) is 5.41 Å². The third-order valence-corrected chi connectivity index (χ3v) is 4.46. The van der Waals surface area contributed by atoms with E-state index in [0.29, 0.717) is 17.5 Å². The summed E-state index contributed by atoms with van der Waals surface area (Å²) < 4.78 is 13.3. The number of hydrogen-bond donors (Lipinski definition) is 3. The van der Waals surface area contributed by atoms with E-state index in [-0.39, 0.29) is 11.9 Å². The van der Waals surface area contributed by atoms with E-state index in [1.807, 2.05) is 52.0 Å². The van der Waals surface area contributed by atoms with E-state index in [0.717, 1.165) is 12.1 Å². The normalized spacial score (nSPS) is 13.8. The van der Waals surface area contributed by atoms with Crippen molar-refractivity contribution >= 4 is 11.5 Å². The molecule has 0 aliphatic rings. The van der Waals surface area contributed by atoms with Gasteiger partial charge < -0.3 is 10.6 Å². The van der Waals surface area contributed by atoms with Gasteiger partial charge in [-0.2, -0.15) is 0 Å². The Morgan fingerprint density at radius 1 is 1.19 bits per heavy atom. The van der Waals surface area contributed by atoms with Gasteiger partial charge in [-0.05, 0) is 49.8 Å². The lowest BCUT2D eigenvalue weighted by Gasteiger charge is -2.25. The van der Waals surface area contributed by atoms with E-state index in [1.165, 1.54) is 5.56 Å². The number of alkyl halides is 1. The molecule has 3 nitrogen and oxygen atoms in total. The van der Waals surface area contributed by atoms with E-state index < -0.39 is 12.1 Å².